The lowest BCUT2D eigenvalue weighted by Crippen LogP contribution is -2.38. The van der Waals surface area contributed by atoms with E-state index in [-0.39, 0.29) is 12.4 Å². The van der Waals surface area contributed by atoms with E-state index in [2.05, 4.69) is 84.2 Å². The average Bonchev–Trinajstić information content (AvgIpc) is 2.74. The van der Waals surface area contributed by atoms with Gasteiger partial charge >= 0.3 is 0 Å². The van der Waals surface area contributed by atoms with E-state index in [0.717, 1.165) is 31.0 Å². The Bertz CT molecular complexity index is 822. The number of hydrogen-bond donors (Lipinski definition) is 1. The normalized spacial score (nSPS) is 19.1. The van der Waals surface area contributed by atoms with Crippen molar-refractivity contribution in [3.8, 4) is 16.9 Å². The molecule has 140 valence electrons. The molecule has 3 heteroatoms. The average molecular weight is 380 g/mol. The van der Waals surface area contributed by atoms with Gasteiger partial charge in [0.25, 0.3) is 0 Å². The van der Waals surface area contributed by atoms with Crippen LogP contribution in [0.1, 0.15) is 17.9 Å². The predicted octanol–water partition coefficient (Wildman–Crippen LogP) is 5.55. The van der Waals surface area contributed by atoms with Gasteiger partial charge in [-0.2, -0.15) is 0 Å². The third-order valence-corrected chi connectivity index (χ3v) is 5.26. The fourth-order valence-corrected chi connectivity index (χ4v) is 3.88. The lowest BCUT2D eigenvalue weighted by atomic mass is 9.81. The minimum absolute atomic E-state index is 0. The van der Waals surface area contributed by atoms with Crippen molar-refractivity contribution in [3.63, 3.8) is 0 Å². The van der Waals surface area contributed by atoms with Crippen molar-refractivity contribution in [1.82, 2.24) is 5.32 Å². The summed E-state index contributed by atoms with van der Waals surface area (Å²) in [6, 6.07) is 29.7. The Morgan fingerprint density at radius 3 is 2.26 bits per heavy atom. The van der Waals surface area contributed by atoms with Crippen LogP contribution in [0.25, 0.3) is 11.1 Å². The minimum Gasteiger partial charge on any atom is -0.493 e. The van der Waals surface area contributed by atoms with E-state index in [4.69, 9.17) is 4.74 Å². The predicted molar refractivity (Wildman–Crippen MR) is 115 cm³/mol. The molecule has 0 aromatic heterocycles. The Labute approximate surface area is 168 Å². The molecule has 2 nitrogen and oxygen atoms in total. The summed E-state index contributed by atoms with van der Waals surface area (Å²) >= 11 is 0. The molecule has 0 radical (unpaired) electrons. The molecule has 1 aliphatic heterocycles. The number of piperidine rings is 1. The molecule has 4 rings (SSSR count). The van der Waals surface area contributed by atoms with Gasteiger partial charge in [-0.1, -0.05) is 78.9 Å². The molecule has 1 N–H and O–H groups in total. The van der Waals surface area contributed by atoms with Gasteiger partial charge in [-0.25, -0.2) is 0 Å². The summed E-state index contributed by atoms with van der Waals surface area (Å²) < 4.78 is 6.34. The maximum absolute atomic E-state index is 6.34. The lowest BCUT2D eigenvalue weighted by Gasteiger charge is -2.32. The number of hydrogen-bond acceptors (Lipinski definition) is 2. The first-order chi connectivity index (χ1) is 12.9. The number of nitrogens with one attached hydrogen (secondary N) is 1. The summed E-state index contributed by atoms with van der Waals surface area (Å²) in [5.74, 6) is 2.01. The number of ether oxygens (including phenoxy) is 1. The highest BCUT2D eigenvalue weighted by atomic mass is 35.5. The summed E-state index contributed by atoms with van der Waals surface area (Å²) in [5, 5.41) is 3.54. The molecule has 1 aliphatic rings. The van der Waals surface area contributed by atoms with Crippen molar-refractivity contribution >= 4 is 12.4 Å². The standard InChI is InChI=1S/C24H25NO.ClH/c1-3-9-19(10-4-1)22-15-16-25-17-21(22)18-26-24-14-8-7-13-23(24)20-11-5-2-6-12-20;/h1-14,21-22,25H,15-18H2;1H/t21-,22-;/m1./s1. The summed E-state index contributed by atoms with van der Waals surface area (Å²) in [4.78, 5) is 0. The summed E-state index contributed by atoms with van der Waals surface area (Å²) in [7, 11) is 0. The molecule has 3 aromatic rings. The lowest BCUT2D eigenvalue weighted by molar-refractivity contribution is 0.197. The molecular formula is C24H26ClNO. The van der Waals surface area contributed by atoms with Gasteiger partial charge in [-0.05, 0) is 36.1 Å². The first-order valence-corrected chi connectivity index (χ1v) is 9.45. The quantitative estimate of drug-likeness (QED) is 0.627. The molecule has 0 bridgehead atoms. The molecular weight excluding hydrogens is 354 g/mol. The van der Waals surface area contributed by atoms with Crippen LogP contribution in [-0.4, -0.2) is 19.7 Å². The van der Waals surface area contributed by atoms with Crippen LogP contribution in [0.15, 0.2) is 84.9 Å². The topological polar surface area (TPSA) is 21.3 Å². The second kappa shape index (κ2) is 9.59. The molecule has 1 fully saturated rings. The number of para-hydroxylation sites is 1. The van der Waals surface area contributed by atoms with Crippen LogP contribution in [0.2, 0.25) is 0 Å². The van der Waals surface area contributed by atoms with E-state index < -0.39 is 0 Å². The Balaban J connectivity index is 0.00000210. The molecule has 0 saturated carbocycles. The fourth-order valence-electron chi connectivity index (χ4n) is 3.88. The first kappa shape index (κ1) is 19.5. The van der Waals surface area contributed by atoms with E-state index in [1.807, 2.05) is 6.07 Å². The SMILES string of the molecule is Cl.c1ccc(-c2ccccc2OC[C@H]2CNCC[C@@H]2c2ccccc2)cc1. The zero-order chi connectivity index (χ0) is 17.6. The molecule has 3 aromatic carbocycles. The van der Waals surface area contributed by atoms with Gasteiger partial charge in [0.1, 0.15) is 5.75 Å². The van der Waals surface area contributed by atoms with Crippen molar-refractivity contribution in [2.24, 2.45) is 5.92 Å². The third-order valence-electron chi connectivity index (χ3n) is 5.26. The Morgan fingerprint density at radius 1 is 0.815 bits per heavy atom. The van der Waals surface area contributed by atoms with Gasteiger partial charge < -0.3 is 10.1 Å². The van der Waals surface area contributed by atoms with Crippen molar-refractivity contribution in [3.05, 3.63) is 90.5 Å². The molecule has 0 amide bonds. The molecule has 0 spiro atoms. The van der Waals surface area contributed by atoms with Crippen LogP contribution in [0.4, 0.5) is 0 Å². The molecule has 1 heterocycles. The highest BCUT2D eigenvalue weighted by Gasteiger charge is 2.27. The summed E-state index contributed by atoms with van der Waals surface area (Å²) in [5.41, 5.74) is 3.79. The minimum atomic E-state index is 0. The van der Waals surface area contributed by atoms with Crippen molar-refractivity contribution in [2.45, 2.75) is 12.3 Å². The molecule has 0 unspecified atom stereocenters. The highest BCUT2D eigenvalue weighted by Crippen LogP contribution is 2.33. The van der Waals surface area contributed by atoms with Crippen LogP contribution in [0.5, 0.6) is 5.75 Å². The number of rotatable bonds is 5. The van der Waals surface area contributed by atoms with E-state index >= 15 is 0 Å². The molecule has 1 saturated heterocycles. The van der Waals surface area contributed by atoms with Crippen LogP contribution < -0.4 is 10.1 Å². The zero-order valence-electron chi connectivity index (χ0n) is 15.4. The van der Waals surface area contributed by atoms with Crippen LogP contribution in [-0.2, 0) is 0 Å². The molecule has 0 aliphatic carbocycles. The first-order valence-electron chi connectivity index (χ1n) is 9.45. The Hall–Kier alpha value is -2.29. The van der Waals surface area contributed by atoms with Crippen LogP contribution in [0, 0.1) is 5.92 Å². The second-order valence-corrected chi connectivity index (χ2v) is 6.94. The maximum atomic E-state index is 6.34. The molecule has 27 heavy (non-hydrogen) atoms. The zero-order valence-corrected chi connectivity index (χ0v) is 16.2. The van der Waals surface area contributed by atoms with E-state index in [1.54, 1.807) is 0 Å². The van der Waals surface area contributed by atoms with E-state index in [1.165, 1.54) is 17.5 Å². The summed E-state index contributed by atoms with van der Waals surface area (Å²) in [6.07, 6.45) is 1.17. The van der Waals surface area contributed by atoms with Gasteiger partial charge in [-0.3, -0.25) is 0 Å². The van der Waals surface area contributed by atoms with E-state index in [9.17, 15) is 0 Å². The van der Waals surface area contributed by atoms with Crippen molar-refractivity contribution in [1.29, 1.82) is 0 Å². The number of halogens is 1. The van der Waals surface area contributed by atoms with Crippen LogP contribution >= 0.6 is 12.4 Å². The van der Waals surface area contributed by atoms with Crippen LogP contribution in [0.3, 0.4) is 0 Å². The monoisotopic (exact) mass is 379 g/mol. The Morgan fingerprint density at radius 2 is 1.48 bits per heavy atom. The fraction of sp³-hybridized carbons (Fsp3) is 0.250. The van der Waals surface area contributed by atoms with Gasteiger partial charge in [-0.15, -0.1) is 12.4 Å². The molecule has 2 atom stereocenters. The smallest absolute Gasteiger partial charge is 0.127 e. The number of benzene rings is 3. The third kappa shape index (κ3) is 4.71. The largest absolute Gasteiger partial charge is 0.493 e. The van der Waals surface area contributed by atoms with Gasteiger partial charge in [0.2, 0.25) is 0 Å². The highest BCUT2D eigenvalue weighted by molar-refractivity contribution is 5.85. The maximum Gasteiger partial charge on any atom is 0.127 e. The van der Waals surface area contributed by atoms with E-state index in [0.29, 0.717) is 11.8 Å². The van der Waals surface area contributed by atoms with Gasteiger partial charge in [0, 0.05) is 18.0 Å². The Kier molecular flexibility index (Phi) is 6.92. The second-order valence-electron chi connectivity index (χ2n) is 6.94. The summed E-state index contributed by atoms with van der Waals surface area (Å²) in [6.45, 7) is 2.82. The van der Waals surface area contributed by atoms with Crippen molar-refractivity contribution in [2.75, 3.05) is 19.7 Å². The van der Waals surface area contributed by atoms with Gasteiger partial charge in [0.05, 0.1) is 6.61 Å². The van der Waals surface area contributed by atoms with Gasteiger partial charge in [0.15, 0.2) is 0 Å². The van der Waals surface area contributed by atoms with Crippen molar-refractivity contribution < 1.29 is 4.74 Å².